The minimum atomic E-state index is 0. The SMILES string of the molecule is CCNC(=NCc1cccc(-c2ncn[nH]2)c1)NC1CCN(c2ccccn2)CC1.I. The molecule has 1 saturated heterocycles. The number of halogens is 1. The van der Waals surface area contributed by atoms with Crippen molar-refractivity contribution in [2.24, 2.45) is 4.99 Å². The van der Waals surface area contributed by atoms with Crippen LogP contribution < -0.4 is 15.5 Å². The summed E-state index contributed by atoms with van der Waals surface area (Å²) in [7, 11) is 0. The summed E-state index contributed by atoms with van der Waals surface area (Å²) < 4.78 is 0. The van der Waals surface area contributed by atoms with Crippen LogP contribution in [0.25, 0.3) is 11.4 Å². The van der Waals surface area contributed by atoms with Crippen molar-refractivity contribution in [2.75, 3.05) is 24.5 Å². The Hall–Kier alpha value is -2.69. The molecule has 0 unspecified atom stereocenters. The smallest absolute Gasteiger partial charge is 0.191 e. The van der Waals surface area contributed by atoms with Gasteiger partial charge in [0.15, 0.2) is 11.8 Å². The van der Waals surface area contributed by atoms with Gasteiger partial charge in [-0.3, -0.25) is 5.10 Å². The molecule has 0 spiro atoms. The number of nitrogens with zero attached hydrogens (tertiary/aromatic N) is 5. The zero-order valence-corrected chi connectivity index (χ0v) is 20.0. The fraction of sp³-hybridized carbons (Fsp3) is 0.364. The summed E-state index contributed by atoms with van der Waals surface area (Å²) in [4.78, 5) is 15.8. The van der Waals surface area contributed by atoms with Crippen LogP contribution in [0.3, 0.4) is 0 Å². The van der Waals surface area contributed by atoms with E-state index in [4.69, 9.17) is 4.99 Å². The van der Waals surface area contributed by atoms with E-state index in [0.717, 1.165) is 61.2 Å². The maximum atomic E-state index is 4.80. The Morgan fingerprint density at radius 3 is 2.74 bits per heavy atom. The van der Waals surface area contributed by atoms with Crippen molar-refractivity contribution in [3.8, 4) is 11.4 Å². The van der Waals surface area contributed by atoms with Gasteiger partial charge >= 0.3 is 0 Å². The second-order valence-corrected chi connectivity index (χ2v) is 7.32. The van der Waals surface area contributed by atoms with Crippen LogP contribution in [-0.2, 0) is 6.54 Å². The van der Waals surface area contributed by atoms with Crippen LogP contribution in [0.4, 0.5) is 5.82 Å². The monoisotopic (exact) mass is 532 g/mol. The predicted octanol–water partition coefficient (Wildman–Crippen LogP) is 3.21. The lowest BCUT2D eigenvalue weighted by Crippen LogP contribution is -2.48. The predicted molar refractivity (Wildman–Crippen MR) is 135 cm³/mol. The van der Waals surface area contributed by atoms with Gasteiger partial charge < -0.3 is 15.5 Å². The number of rotatable bonds is 6. The zero-order valence-electron chi connectivity index (χ0n) is 17.7. The van der Waals surface area contributed by atoms with E-state index in [1.165, 1.54) is 6.33 Å². The molecule has 1 aliphatic rings. The van der Waals surface area contributed by atoms with Gasteiger partial charge in [-0.15, -0.1) is 24.0 Å². The lowest BCUT2D eigenvalue weighted by molar-refractivity contribution is 0.459. The number of hydrogen-bond acceptors (Lipinski definition) is 5. The van der Waals surface area contributed by atoms with Crippen molar-refractivity contribution in [3.63, 3.8) is 0 Å². The van der Waals surface area contributed by atoms with Gasteiger partial charge in [0.05, 0.1) is 6.54 Å². The Kier molecular flexibility index (Phi) is 8.63. The molecule has 1 aromatic carbocycles. The number of pyridine rings is 1. The number of benzene rings is 1. The Balaban J connectivity index is 0.00000272. The van der Waals surface area contributed by atoms with Gasteiger partial charge in [-0.2, -0.15) is 5.10 Å². The second-order valence-electron chi connectivity index (χ2n) is 7.32. The van der Waals surface area contributed by atoms with E-state index in [0.29, 0.717) is 12.6 Å². The first kappa shape index (κ1) is 23.0. The number of nitrogens with one attached hydrogen (secondary N) is 3. The number of aromatic nitrogens is 4. The summed E-state index contributed by atoms with van der Waals surface area (Å²) in [5.41, 5.74) is 2.14. The fourth-order valence-electron chi connectivity index (χ4n) is 3.64. The molecular weight excluding hydrogens is 503 g/mol. The van der Waals surface area contributed by atoms with Crippen molar-refractivity contribution < 1.29 is 0 Å². The van der Waals surface area contributed by atoms with Gasteiger partial charge in [0.25, 0.3) is 0 Å². The van der Waals surface area contributed by atoms with Crippen LogP contribution in [0.2, 0.25) is 0 Å². The van der Waals surface area contributed by atoms with Crippen LogP contribution in [-0.4, -0.2) is 51.8 Å². The van der Waals surface area contributed by atoms with Gasteiger partial charge in [0, 0.05) is 37.4 Å². The molecule has 0 amide bonds. The van der Waals surface area contributed by atoms with Crippen molar-refractivity contribution in [1.29, 1.82) is 0 Å². The lowest BCUT2D eigenvalue weighted by Gasteiger charge is -2.33. The standard InChI is InChI=1S/C22H28N8.HI/c1-2-23-22(25-15-17-6-5-7-18(14-17)21-26-16-27-29-21)28-19-9-12-30(13-10-19)20-8-3-4-11-24-20;/h3-8,11,14,16,19H,2,9-10,12-13,15H2,1H3,(H2,23,25,28)(H,26,27,29);1H. The van der Waals surface area contributed by atoms with Gasteiger partial charge in [0.1, 0.15) is 12.1 Å². The van der Waals surface area contributed by atoms with Crippen LogP contribution in [0.5, 0.6) is 0 Å². The Morgan fingerprint density at radius 1 is 1.16 bits per heavy atom. The number of hydrogen-bond donors (Lipinski definition) is 3. The third-order valence-corrected chi connectivity index (χ3v) is 5.19. The van der Waals surface area contributed by atoms with E-state index in [9.17, 15) is 0 Å². The third-order valence-electron chi connectivity index (χ3n) is 5.19. The highest BCUT2D eigenvalue weighted by molar-refractivity contribution is 14.0. The van der Waals surface area contributed by atoms with E-state index in [1.807, 2.05) is 30.5 Å². The Bertz CT molecular complexity index is 937. The number of H-pyrrole nitrogens is 1. The molecule has 8 nitrogen and oxygen atoms in total. The number of piperidine rings is 1. The normalized spacial score (nSPS) is 14.7. The van der Waals surface area contributed by atoms with E-state index in [2.05, 4.69) is 60.8 Å². The van der Waals surface area contributed by atoms with Crippen molar-refractivity contribution >= 4 is 35.8 Å². The number of aliphatic imine (C=N–C) groups is 1. The quantitative estimate of drug-likeness (QED) is 0.257. The topological polar surface area (TPSA) is 94.1 Å². The van der Waals surface area contributed by atoms with Crippen LogP contribution in [0.15, 0.2) is 60.0 Å². The Morgan fingerprint density at radius 2 is 2.03 bits per heavy atom. The van der Waals surface area contributed by atoms with Gasteiger partial charge in [-0.05, 0) is 43.5 Å². The molecule has 3 aromatic rings. The largest absolute Gasteiger partial charge is 0.357 e. The maximum absolute atomic E-state index is 4.80. The first-order chi connectivity index (χ1) is 14.8. The molecule has 1 fully saturated rings. The van der Waals surface area contributed by atoms with E-state index in [-0.39, 0.29) is 24.0 Å². The third kappa shape index (κ3) is 6.39. The van der Waals surface area contributed by atoms with Crippen LogP contribution >= 0.6 is 24.0 Å². The minimum absolute atomic E-state index is 0. The van der Waals surface area contributed by atoms with Crippen molar-refractivity contribution in [2.45, 2.75) is 32.4 Å². The molecule has 1 aliphatic heterocycles. The van der Waals surface area contributed by atoms with Gasteiger partial charge in [0.2, 0.25) is 0 Å². The van der Waals surface area contributed by atoms with Crippen molar-refractivity contribution in [3.05, 3.63) is 60.6 Å². The first-order valence-corrected chi connectivity index (χ1v) is 10.5. The summed E-state index contributed by atoms with van der Waals surface area (Å²) in [6.07, 6.45) is 5.49. The highest BCUT2D eigenvalue weighted by Gasteiger charge is 2.20. The summed E-state index contributed by atoms with van der Waals surface area (Å²) >= 11 is 0. The summed E-state index contributed by atoms with van der Waals surface area (Å²) in [5.74, 6) is 2.69. The molecule has 0 bridgehead atoms. The molecule has 164 valence electrons. The number of anilines is 1. The number of aromatic amines is 1. The van der Waals surface area contributed by atoms with E-state index < -0.39 is 0 Å². The van der Waals surface area contributed by atoms with E-state index >= 15 is 0 Å². The molecule has 9 heteroatoms. The minimum Gasteiger partial charge on any atom is -0.357 e. The van der Waals surface area contributed by atoms with Crippen LogP contribution in [0, 0.1) is 0 Å². The highest BCUT2D eigenvalue weighted by atomic mass is 127. The molecule has 0 radical (unpaired) electrons. The molecule has 0 aliphatic carbocycles. The van der Waals surface area contributed by atoms with Gasteiger partial charge in [-0.25, -0.2) is 15.0 Å². The fourth-order valence-corrected chi connectivity index (χ4v) is 3.64. The van der Waals surface area contributed by atoms with Crippen LogP contribution in [0.1, 0.15) is 25.3 Å². The first-order valence-electron chi connectivity index (χ1n) is 10.5. The average molecular weight is 532 g/mol. The number of guanidine groups is 1. The average Bonchev–Trinajstić information content (AvgIpc) is 3.34. The van der Waals surface area contributed by atoms with Crippen molar-refractivity contribution in [1.82, 2.24) is 30.8 Å². The molecule has 31 heavy (non-hydrogen) atoms. The summed E-state index contributed by atoms with van der Waals surface area (Å²) in [6.45, 7) is 5.51. The Labute approximate surface area is 200 Å². The zero-order chi connectivity index (χ0) is 20.6. The van der Waals surface area contributed by atoms with Gasteiger partial charge in [-0.1, -0.05) is 24.3 Å². The molecule has 3 heterocycles. The lowest BCUT2D eigenvalue weighted by atomic mass is 10.1. The molecular formula is C22H29IN8. The summed E-state index contributed by atoms with van der Waals surface area (Å²) in [5, 5.41) is 13.8. The molecule has 0 saturated carbocycles. The highest BCUT2D eigenvalue weighted by Crippen LogP contribution is 2.18. The second kappa shape index (κ2) is 11.6. The summed E-state index contributed by atoms with van der Waals surface area (Å²) in [6, 6.07) is 14.7. The molecule has 2 aromatic heterocycles. The van der Waals surface area contributed by atoms with E-state index in [1.54, 1.807) is 0 Å². The molecule has 4 rings (SSSR count). The molecule has 3 N–H and O–H groups in total. The maximum Gasteiger partial charge on any atom is 0.191 e. The molecule has 0 atom stereocenters.